The van der Waals surface area contributed by atoms with Gasteiger partial charge in [0.05, 0.1) is 12.5 Å². The Morgan fingerprint density at radius 1 is 1.16 bits per heavy atom. The predicted octanol–water partition coefficient (Wildman–Crippen LogP) is 3.45. The van der Waals surface area contributed by atoms with E-state index in [9.17, 15) is 18.3 Å². The van der Waals surface area contributed by atoms with Gasteiger partial charge in [0.2, 0.25) is 0 Å². The first-order valence-electron chi connectivity index (χ1n) is 6.96. The lowest BCUT2D eigenvalue weighted by molar-refractivity contribution is -0.140. The standard InChI is InChI=1S/C14H26F3NO/c1-13(2,3)11-6-5-10(19)9-12(11)18(4)8-7-14(15,16)17/h10-12,19H,5-9H2,1-4H3. The van der Waals surface area contributed by atoms with E-state index in [1.54, 1.807) is 11.9 Å². The van der Waals surface area contributed by atoms with Gasteiger partial charge in [-0.1, -0.05) is 20.8 Å². The van der Waals surface area contributed by atoms with Crippen LogP contribution in [0.2, 0.25) is 0 Å². The number of aliphatic hydroxyl groups excluding tert-OH is 1. The van der Waals surface area contributed by atoms with Crippen LogP contribution >= 0.6 is 0 Å². The zero-order valence-electron chi connectivity index (χ0n) is 12.3. The smallest absolute Gasteiger partial charge is 0.390 e. The molecule has 3 atom stereocenters. The molecular formula is C14H26F3NO. The maximum atomic E-state index is 12.3. The number of alkyl halides is 3. The second-order valence-corrected chi connectivity index (χ2v) is 6.85. The highest BCUT2D eigenvalue weighted by Gasteiger charge is 2.39. The normalized spacial score (nSPS) is 29.8. The van der Waals surface area contributed by atoms with E-state index in [2.05, 4.69) is 20.8 Å². The van der Waals surface area contributed by atoms with E-state index in [-0.39, 0.29) is 24.1 Å². The van der Waals surface area contributed by atoms with Crippen molar-refractivity contribution in [3.8, 4) is 0 Å². The van der Waals surface area contributed by atoms with Crippen molar-refractivity contribution in [3.05, 3.63) is 0 Å². The third kappa shape index (κ3) is 5.30. The van der Waals surface area contributed by atoms with Crippen LogP contribution in [0.4, 0.5) is 13.2 Å². The zero-order valence-corrected chi connectivity index (χ0v) is 12.3. The summed E-state index contributed by atoms with van der Waals surface area (Å²) in [5.41, 5.74) is 0.0529. The zero-order chi connectivity index (χ0) is 14.8. The fourth-order valence-corrected chi connectivity index (χ4v) is 3.09. The van der Waals surface area contributed by atoms with E-state index in [4.69, 9.17) is 0 Å². The number of hydrogen-bond donors (Lipinski definition) is 1. The molecule has 1 N–H and O–H groups in total. The average molecular weight is 281 g/mol. The van der Waals surface area contributed by atoms with Crippen LogP contribution < -0.4 is 0 Å². The Labute approximate surface area is 114 Å². The van der Waals surface area contributed by atoms with Gasteiger partial charge in [0.25, 0.3) is 0 Å². The average Bonchev–Trinajstić information content (AvgIpc) is 2.23. The van der Waals surface area contributed by atoms with E-state index in [0.717, 1.165) is 12.8 Å². The molecule has 19 heavy (non-hydrogen) atoms. The minimum atomic E-state index is -4.11. The molecule has 1 fully saturated rings. The molecule has 0 aromatic rings. The molecule has 0 spiro atoms. The summed E-state index contributed by atoms with van der Waals surface area (Å²) in [7, 11) is 1.74. The van der Waals surface area contributed by atoms with E-state index in [0.29, 0.717) is 12.3 Å². The maximum Gasteiger partial charge on any atom is 0.390 e. The van der Waals surface area contributed by atoms with Crippen molar-refractivity contribution in [2.24, 2.45) is 11.3 Å². The van der Waals surface area contributed by atoms with Crippen molar-refractivity contribution in [3.63, 3.8) is 0 Å². The van der Waals surface area contributed by atoms with Gasteiger partial charge in [0.1, 0.15) is 0 Å². The first kappa shape index (κ1) is 16.8. The Morgan fingerprint density at radius 3 is 2.21 bits per heavy atom. The van der Waals surface area contributed by atoms with Gasteiger partial charge in [0, 0.05) is 12.6 Å². The molecule has 0 aromatic carbocycles. The molecule has 2 nitrogen and oxygen atoms in total. The van der Waals surface area contributed by atoms with Gasteiger partial charge in [-0.3, -0.25) is 0 Å². The molecule has 3 unspecified atom stereocenters. The molecule has 114 valence electrons. The van der Waals surface area contributed by atoms with Crippen LogP contribution in [-0.4, -0.2) is 41.9 Å². The first-order chi connectivity index (χ1) is 8.50. The Bertz CT molecular complexity index is 285. The highest BCUT2D eigenvalue weighted by Crippen LogP contribution is 2.40. The number of hydrogen-bond acceptors (Lipinski definition) is 2. The SMILES string of the molecule is CN(CCC(F)(F)F)C1CC(O)CCC1C(C)(C)C. The Balaban J connectivity index is 2.68. The molecule has 1 rings (SSSR count). The van der Waals surface area contributed by atoms with Gasteiger partial charge >= 0.3 is 6.18 Å². The van der Waals surface area contributed by atoms with Crippen LogP contribution in [0.1, 0.15) is 46.5 Å². The summed E-state index contributed by atoms with van der Waals surface area (Å²) in [5.74, 6) is 0.328. The number of rotatable bonds is 3. The molecule has 1 aliphatic rings. The fourth-order valence-electron chi connectivity index (χ4n) is 3.09. The van der Waals surface area contributed by atoms with Gasteiger partial charge in [0.15, 0.2) is 0 Å². The molecule has 0 bridgehead atoms. The third-order valence-corrected chi connectivity index (χ3v) is 4.22. The van der Waals surface area contributed by atoms with Crippen LogP contribution in [-0.2, 0) is 0 Å². The van der Waals surface area contributed by atoms with Crippen molar-refractivity contribution >= 4 is 0 Å². The van der Waals surface area contributed by atoms with Crippen molar-refractivity contribution in [1.82, 2.24) is 4.90 Å². The largest absolute Gasteiger partial charge is 0.393 e. The van der Waals surface area contributed by atoms with Gasteiger partial charge < -0.3 is 10.0 Å². The molecule has 0 radical (unpaired) electrons. The second-order valence-electron chi connectivity index (χ2n) is 6.85. The van der Waals surface area contributed by atoms with Crippen LogP contribution in [0, 0.1) is 11.3 Å². The van der Waals surface area contributed by atoms with E-state index in [1.807, 2.05) is 0 Å². The lowest BCUT2D eigenvalue weighted by Crippen LogP contribution is -2.49. The summed E-state index contributed by atoms with van der Waals surface area (Å²) in [6.45, 7) is 6.38. The maximum absolute atomic E-state index is 12.3. The van der Waals surface area contributed by atoms with E-state index < -0.39 is 12.6 Å². The minimum absolute atomic E-state index is 0.00741. The van der Waals surface area contributed by atoms with Crippen molar-refractivity contribution in [2.45, 2.75) is 64.8 Å². The lowest BCUT2D eigenvalue weighted by atomic mass is 9.68. The quantitative estimate of drug-likeness (QED) is 0.856. The number of halogens is 3. The fraction of sp³-hybridized carbons (Fsp3) is 1.00. The molecule has 1 aliphatic carbocycles. The molecule has 0 amide bonds. The summed E-state index contributed by atoms with van der Waals surface area (Å²) >= 11 is 0. The van der Waals surface area contributed by atoms with Crippen LogP contribution in [0.3, 0.4) is 0 Å². The first-order valence-corrected chi connectivity index (χ1v) is 6.96. The summed E-state index contributed by atoms with van der Waals surface area (Å²) in [5, 5.41) is 9.79. The molecule has 0 aromatic heterocycles. The molecule has 0 saturated heterocycles. The number of nitrogens with zero attached hydrogens (tertiary/aromatic N) is 1. The van der Waals surface area contributed by atoms with Crippen molar-refractivity contribution in [2.75, 3.05) is 13.6 Å². The van der Waals surface area contributed by atoms with Gasteiger partial charge in [-0.05, 0) is 37.6 Å². The molecule has 1 saturated carbocycles. The van der Waals surface area contributed by atoms with Crippen molar-refractivity contribution in [1.29, 1.82) is 0 Å². The molecule has 0 heterocycles. The summed E-state index contributed by atoms with van der Waals surface area (Å²) in [6.07, 6.45) is -3.06. The van der Waals surface area contributed by atoms with Crippen LogP contribution in [0.25, 0.3) is 0 Å². The van der Waals surface area contributed by atoms with Gasteiger partial charge in [-0.2, -0.15) is 13.2 Å². The topological polar surface area (TPSA) is 23.5 Å². The monoisotopic (exact) mass is 281 g/mol. The second kappa shape index (κ2) is 6.00. The third-order valence-electron chi connectivity index (χ3n) is 4.22. The molecule has 5 heteroatoms. The van der Waals surface area contributed by atoms with Crippen molar-refractivity contribution < 1.29 is 18.3 Å². The van der Waals surface area contributed by atoms with Gasteiger partial charge in [-0.15, -0.1) is 0 Å². The number of aliphatic hydroxyl groups is 1. The lowest BCUT2D eigenvalue weighted by Gasteiger charge is -2.46. The van der Waals surface area contributed by atoms with Gasteiger partial charge in [-0.25, -0.2) is 0 Å². The minimum Gasteiger partial charge on any atom is -0.393 e. The van der Waals surface area contributed by atoms with E-state index >= 15 is 0 Å². The highest BCUT2D eigenvalue weighted by atomic mass is 19.4. The molecule has 0 aliphatic heterocycles. The van der Waals surface area contributed by atoms with Crippen LogP contribution in [0.5, 0.6) is 0 Å². The Hall–Kier alpha value is -0.290. The molecular weight excluding hydrogens is 255 g/mol. The summed E-state index contributed by atoms with van der Waals surface area (Å²) in [6, 6.07) is 0.0334. The predicted molar refractivity (Wildman–Crippen MR) is 69.9 cm³/mol. The van der Waals surface area contributed by atoms with E-state index in [1.165, 1.54) is 0 Å². The summed E-state index contributed by atoms with van der Waals surface area (Å²) in [4.78, 5) is 1.78. The summed E-state index contributed by atoms with van der Waals surface area (Å²) < 4.78 is 36.9. The highest BCUT2D eigenvalue weighted by molar-refractivity contribution is 4.91. The Kier molecular flexibility index (Phi) is 5.29. The Morgan fingerprint density at radius 2 is 1.74 bits per heavy atom. The van der Waals surface area contributed by atoms with Crippen LogP contribution in [0.15, 0.2) is 0 Å².